The van der Waals surface area contributed by atoms with Gasteiger partial charge in [0.1, 0.15) is 5.75 Å². The molecule has 2 N–H and O–H groups in total. The molecule has 0 atom stereocenters. The van der Waals surface area contributed by atoms with Crippen LogP contribution in [0.15, 0.2) is 70.9 Å². The number of carbonyl (C=O) groups is 1. The van der Waals surface area contributed by atoms with Crippen LogP contribution in [0.4, 0.5) is 0 Å². The number of carbonyl (C=O) groups excluding carboxylic acids is 1. The van der Waals surface area contributed by atoms with Crippen LogP contribution in [0.5, 0.6) is 5.75 Å². The molecule has 1 aromatic heterocycles. The van der Waals surface area contributed by atoms with Gasteiger partial charge in [0.2, 0.25) is 10.0 Å². The molecule has 3 rings (SSSR count). The largest absolute Gasteiger partial charge is 0.497 e. The molecular formula is C23H26N2O4S2. The molecule has 0 aliphatic rings. The van der Waals surface area contributed by atoms with E-state index in [0.29, 0.717) is 25.1 Å². The zero-order valence-corrected chi connectivity index (χ0v) is 19.0. The van der Waals surface area contributed by atoms with Gasteiger partial charge in [-0.3, -0.25) is 4.79 Å². The van der Waals surface area contributed by atoms with E-state index in [-0.39, 0.29) is 10.8 Å². The summed E-state index contributed by atoms with van der Waals surface area (Å²) >= 11 is 1.60. The number of hydrogen-bond donors (Lipinski definition) is 2. The van der Waals surface area contributed by atoms with E-state index in [1.54, 1.807) is 18.4 Å². The van der Waals surface area contributed by atoms with E-state index in [0.717, 1.165) is 23.5 Å². The van der Waals surface area contributed by atoms with Crippen LogP contribution in [0.25, 0.3) is 0 Å². The fourth-order valence-corrected chi connectivity index (χ4v) is 4.76. The molecule has 2 aromatic carbocycles. The Morgan fingerprint density at radius 3 is 2.35 bits per heavy atom. The van der Waals surface area contributed by atoms with Crippen molar-refractivity contribution in [2.45, 2.75) is 24.2 Å². The second-order valence-corrected chi connectivity index (χ2v) is 9.76. The van der Waals surface area contributed by atoms with Crippen molar-refractivity contribution in [2.24, 2.45) is 0 Å². The molecule has 0 saturated heterocycles. The summed E-state index contributed by atoms with van der Waals surface area (Å²) in [5.74, 6) is 0.601. The molecule has 0 radical (unpaired) electrons. The van der Waals surface area contributed by atoms with Crippen LogP contribution >= 0.6 is 11.3 Å². The molecule has 0 unspecified atom stereocenters. The Bertz CT molecular complexity index is 1060. The zero-order valence-electron chi connectivity index (χ0n) is 17.3. The summed E-state index contributed by atoms with van der Waals surface area (Å²) in [5, 5.41) is 4.84. The topological polar surface area (TPSA) is 84.5 Å². The third-order valence-corrected chi connectivity index (χ3v) is 7.17. The van der Waals surface area contributed by atoms with Gasteiger partial charge in [-0.15, -0.1) is 11.3 Å². The Morgan fingerprint density at radius 2 is 1.71 bits per heavy atom. The number of nitrogens with one attached hydrogen (secondary N) is 2. The highest BCUT2D eigenvalue weighted by Crippen LogP contribution is 2.14. The van der Waals surface area contributed by atoms with E-state index in [2.05, 4.69) is 10.0 Å². The van der Waals surface area contributed by atoms with Crippen LogP contribution in [0.1, 0.15) is 27.2 Å². The first-order valence-electron chi connectivity index (χ1n) is 10.0. The Hall–Kier alpha value is -2.68. The predicted molar refractivity (Wildman–Crippen MR) is 123 cm³/mol. The number of benzene rings is 2. The maximum Gasteiger partial charge on any atom is 0.251 e. The first kappa shape index (κ1) is 23.0. The van der Waals surface area contributed by atoms with Gasteiger partial charge in [-0.25, -0.2) is 13.1 Å². The van der Waals surface area contributed by atoms with E-state index in [1.165, 1.54) is 29.8 Å². The smallest absolute Gasteiger partial charge is 0.251 e. The zero-order chi connectivity index (χ0) is 22.1. The Kier molecular flexibility index (Phi) is 8.22. The molecule has 0 saturated carbocycles. The molecule has 0 aliphatic heterocycles. The summed E-state index contributed by atoms with van der Waals surface area (Å²) in [4.78, 5) is 13.6. The number of aryl methyl sites for hydroxylation is 1. The Balaban J connectivity index is 1.44. The molecule has 0 spiro atoms. The standard InChI is InChI=1S/C23H26N2O4S2/c1-29-20-10-6-18(7-11-20)4-2-15-24-23(26)19-8-12-22(13-9-19)31(27,28)25-16-14-21-5-3-17-30-21/h3,5-13,17,25H,2,4,14-16H2,1H3,(H,24,26). The monoisotopic (exact) mass is 458 g/mol. The first-order valence-corrected chi connectivity index (χ1v) is 12.4. The number of hydrogen-bond acceptors (Lipinski definition) is 5. The maximum absolute atomic E-state index is 12.4. The quantitative estimate of drug-likeness (QED) is 0.430. The van der Waals surface area contributed by atoms with Crippen molar-refractivity contribution in [1.29, 1.82) is 0 Å². The van der Waals surface area contributed by atoms with Gasteiger partial charge in [-0.2, -0.15) is 0 Å². The average Bonchev–Trinajstić information content (AvgIpc) is 3.30. The van der Waals surface area contributed by atoms with Crippen molar-refractivity contribution in [3.63, 3.8) is 0 Å². The highest BCUT2D eigenvalue weighted by molar-refractivity contribution is 7.89. The molecule has 6 nitrogen and oxygen atoms in total. The van der Waals surface area contributed by atoms with Crippen molar-refractivity contribution in [1.82, 2.24) is 10.0 Å². The second-order valence-electron chi connectivity index (χ2n) is 6.96. The molecule has 31 heavy (non-hydrogen) atoms. The van der Waals surface area contributed by atoms with Gasteiger partial charge in [0.05, 0.1) is 12.0 Å². The normalized spacial score (nSPS) is 11.3. The van der Waals surface area contributed by atoms with Crippen LogP contribution in [-0.4, -0.2) is 34.5 Å². The highest BCUT2D eigenvalue weighted by Gasteiger charge is 2.14. The summed E-state index contributed by atoms with van der Waals surface area (Å²) in [5.41, 5.74) is 1.61. The molecule has 0 fully saturated rings. The van der Waals surface area contributed by atoms with E-state index in [9.17, 15) is 13.2 Å². The van der Waals surface area contributed by atoms with Crippen molar-refractivity contribution in [3.8, 4) is 5.75 Å². The minimum Gasteiger partial charge on any atom is -0.497 e. The summed E-state index contributed by atoms with van der Waals surface area (Å²) in [6.07, 6.45) is 2.30. The van der Waals surface area contributed by atoms with Crippen molar-refractivity contribution >= 4 is 27.3 Å². The Labute approximate surface area is 187 Å². The fraction of sp³-hybridized carbons (Fsp3) is 0.261. The molecule has 0 bridgehead atoms. The number of rotatable bonds is 11. The maximum atomic E-state index is 12.4. The van der Waals surface area contributed by atoms with Gasteiger partial charge >= 0.3 is 0 Å². The lowest BCUT2D eigenvalue weighted by Crippen LogP contribution is -2.26. The SMILES string of the molecule is COc1ccc(CCCNC(=O)c2ccc(S(=O)(=O)NCCc3cccs3)cc2)cc1. The summed E-state index contributed by atoms with van der Waals surface area (Å²) in [6.45, 7) is 0.870. The minimum atomic E-state index is -3.60. The summed E-state index contributed by atoms with van der Waals surface area (Å²) in [6, 6.07) is 17.8. The molecule has 1 amide bonds. The van der Waals surface area contributed by atoms with Crippen molar-refractivity contribution in [3.05, 3.63) is 82.0 Å². The Morgan fingerprint density at radius 1 is 0.968 bits per heavy atom. The van der Waals surface area contributed by atoms with Crippen molar-refractivity contribution in [2.75, 3.05) is 20.2 Å². The van der Waals surface area contributed by atoms with Crippen LogP contribution < -0.4 is 14.8 Å². The van der Waals surface area contributed by atoms with E-state index < -0.39 is 10.0 Å². The molecule has 0 aliphatic carbocycles. The summed E-state index contributed by atoms with van der Waals surface area (Å²) in [7, 11) is -1.96. The van der Waals surface area contributed by atoms with Crippen LogP contribution in [0.2, 0.25) is 0 Å². The van der Waals surface area contributed by atoms with Crippen LogP contribution in [0, 0.1) is 0 Å². The van der Waals surface area contributed by atoms with Gasteiger partial charge in [-0.05, 0) is 72.7 Å². The average molecular weight is 459 g/mol. The predicted octanol–water partition coefficient (Wildman–Crippen LogP) is 3.64. The second kappa shape index (κ2) is 11.1. The third-order valence-electron chi connectivity index (χ3n) is 4.76. The van der Waals surface area contributed by atoms with Crippen LogP contribution in [0.3, 0.4) is 0 Å². The third kappa shape index (κ3) is 6.92. The van der Waals surface area contributed by atoms with Gasteiger partial charge in [0.25, 0.3) is 5.91 Å². The van der Waals surface area contributed by atoms with E-state index >= 15 is 0 Å². The fourth-order valence-electron chi connectivity index (χ4n) is 3.02. The van der Waals surface area contributed by atoms with E-state index in [4.69, 9.17) is 4.74 Å². The molecule has 1 heterocycles. The van der Waals surface area contributed by atoms with Gasteiger partial charge in [0.15, 0.2) is 0 Å². The molecule has 8 heteroatoms. The molecule has 164 valence electrons. The molecular weight excluding hydrogens is 432 g/mol. The highest BCUT2D eigenvalue weighted by atomic mass is 32.2. The van der Waals surface area contributed by atoms with Gasteiger partial charge in [0, 0.05) is 23.5 Å². The molecule has 3 aromatic rings. The first-order chi connectivity index (χ1) is 15.0. The van der Waals surface area contributed by atoms with Crippen LogP contribution in [-0.2, 0) is 22.9 Å². The van der Waals surface area contributed by atoms with E-state index in [1.807, 2.05) is 41.8 Å². The number of methoxy groups -OCH3 is 1. The lowest BCUT2D eigenvalue weighted by Gasteiger charge is -2.08. The van der Waals surface area contributed by atoms with Crippen molar-refractivity contribution < 1.29 is 17.9 Å². The number of thiophene rings is 1. The lowest BCUT2D eigenvalue weighted by molar-refractivity contribution is 0.0953. The number of sulfonamides is 1. The minimum absolute atomic E-state index is 0.148. The lowest BCUT2D eigenvalue weighted by atomic mass is 10.1. The summed E-state index contributed by atoms with van der Waals surface area (Å²) < 4.78 is 32.6. The number of amides is 1. The van der Waals surface area contributed by atoms with Gasteiger partial charge < -0.3 is 10.1 Å². The van der Waals surface area contributed by atoms with Gasteiger partial charge in [-0.1, -0.05) is 18.2 Å². The number of ether oxygens (including phenoxy) is 1.